The summed E-state index contributed by atoms with van der Waals surface area (Å²) in [6.07, 6.45) is 5.98. The number of rotatable bonds is 0. The summed E-state index contributed by atoms with van der Waals surface area (Å²) in [5, 5.41) is 4.03. The average molecular weight is 147 g/mol. The molecule has 3 heteroatoms. The van der Waals surface area contributed by atoms with Crippen LogP contribution in [-0.4, -0.2) is 10.7 Å². The summed E-state index contributed by atoms with van der Waals surface area (Å²) >= 11 is 0. The topological polar surface area (TPSA) is 27.6 Å². The molecule has 2 rings (SSSR count). The van der Waals surface area contributed by atoms with E-state index in [-0.39, 0.29) is 0 Å². The smallest absolute Gasteiger partial charge is 0.158 e. The molecule has 0 atom stereocenters. The van der Waals surface area contributed by atoms with Crippen molar-refractivity contribution in [3.05, 3.63) is 36.3 Å². The van der Waals surface area contributed by atoms with Crippen LogP contribution in [0, 0.1) is 0 Å². The molecule has 1 N–H and O–H groups in total. The van der Waals surface area contributed by atoms with Crippen LogP contribution >= 0.6 is 0 Å². The lowest BCUT2D eigenvalue weighted by molar-refractivity contribution is 0.667. The third-order valence-corrected chi connectivity index (χ3v) is 1.67. The van der Waals surface area contributed by atoms with E-state index in [1.165, 1.54) is 5.57 Å². The zero-order chi connectivity index (χ0) is 7.84. The Morgan fingerprint density at radius 2 is 2.36 bits per heavy atom. The third-order valence-electron chi connectivity index (χ3n) is 1.67. The number of fused-ring (bicyclic) bond motifs is 1. The van der Waals surface area contributed by atoms with Crippen LogP contribution in [0.25, 0.3) is 0 Å². The van der Waals surface area contributed by atoms with E-state index in [1.54, 1.807) is 0 Å². The molecule has 56 valence electrons. The van der Waals surface area contributed by atoms with Crippen molar-refractivity contribution in [3.8, 4) is 0 Å². The molecule has 0 radical (unpaired) electrons. The van der Waals surface area contributed by atoms with Gasteiger partial charge in [0.25, 0.3) is 0 Å². The van der Waals surface area contributed by atoms with Crippen LogP contribution in [0.3, 0.4) is 0 Å². The molecule has 0 aliphatic carbocycles. The van der Waals surface area contributed by atoms with Crippen LogP contribution in [0.1, 0.15) is 6.92 Å². The van der Waals surface area contributed by atoms with Gasteiger partial charge in [0.2, 0.25) is 0 Å². The van der Waals surface area contributed by atoms with Gasteiger partial charge in [-0.3, -0.25) is 10.3 Å². The molecule has 0 fully saturated rings. The van der Waals surface area contributed by atoms with Gasteiger partial charge in [-0.15, -0.1) is 0 Å². The fraction of sp³-hybridized carbons (Fsp3) is 0.125. The Balaban J connectivity index is 2.39. The summed E-state index contributed by atoms with van der Waals surface area (Å²) in [4.78, 5) is 1.93. The van der Waals surface area contributed by atoms with E-state index in [0.717, 1.165) is 11.7 Å². The van der Waals surface area contributed by atoms with E-state index in [9.17, 15) is 0 Å². The van der Waals surface area contributed by atoms with E-state index in [1.807, 2.05) is 30.2 Å². The minimum absolute atomic E-state index is 0.809. The molecule has 0 spiro atoms. The predicted octanol–water partition coefficient (Wildman–Crippen LogP) is 1.15. The van der Waals surface area contributed by atoms with Crippen molar-refractivity contribution in [2.24, 2.45) is 5.10 Å². The molecule has 0 aromatic carbocycles. The van der Waals surface area contributed by atoms with Crippen molar-refractivity contribution in [2.75, 3.05) is 0 Å². The molecule has 2 heterocycles. The zero-order valence-corrected chi connectivity index (χ0v) is 6.33. The van der Waals surface area contributed by atoms with Gasteiger partial charge in [0.15, 0.2) is 5.84 Å². The Morgan fingerprint density at radius 3 is 3.18 bits per heavy atom. The molecule has 0 saturated carbocycles. The highest BCUT2D eigenvalue weighted by atomic mass is 15.5. The Hall–Kier alpha value is -1.51. The number of amidine groups is 1. The summed E-state index contributed by atoms with van der Waals surface area (Å²) in [6.45, 7) is 5.84. The van der Waals surface area contributed by atoms with E-state index in [4.69, 9.17) is 0 Å². The maximum Gasteiger partial charge on any atom is 0.158 e. The molecule has 2 aliphatic heterocycles. The number of nitrogens with zero attached hydrogens (tertiary/aromatic N) is 2. The van der Waals surface area contributed by atoms with Crippen molar-refractivity contribution in [2.45, 2.75) is 6.92 Å². The van der Waals surface area contributed by atoms with Crippen LogP contribution in [0.4, 0.5) is 0 Å². The van der Waals surface area contributed by atoms with E-state index in [2.05, 4.69) is 17.1 Å². The lowest BCUT2D eigenvalue weighted by Gasteiger charge is -2.16. The Bertz CT molecular complexity index is 296. The first-order valence-electron chi connectivity index (χ1n) is 3.46. The minimum atomic E-state index is 0.809. The van der Waals surface area contributed by atoms with Crippen molar-refractivity contribution in [1.29, 1.82) is 0 Å². The van der Waals surface area contributed by atoms with Gasteiger partial charge in [0.05, 0.1) is 0 Å². The summed E-state index contributed by atoms with van der Waals surface area (Å²) in [5.74, 6) is 1.71. The van der Waals surface area contributed by atoms with Crippen molar-refractivity contribution in [3.63, 3.8) is 0 Å². The number of allylic oxidation sites excluding steroid dienone is 2. The lowest BCUT2D eigenvalue weighted by atomic mass is 10.2. The zero-order valence-electron chi connectivity index (χ0n) is 6.33. The molecule has 0 bridgehead atoms. The molecular formula is C8H9N3. The first-order valence-corrected chi connectivity index (χ1v) is 3.46. The number of hydrogen-bond donors (Lipinski definition) is 1. The Kier molecular flexibility index (Phi) is 1.12. The van der Waals surface area contributed by atoms with Gasteiger partial charge in [-0.05, 0) is 18.6 Å². The summed E-state index contributed by atoms with van der Waals surface area (Å²) in [5.41, 5.74) is 4.01. The standard InChI is InChI=1S/C8H9N3/c1-6-3-4-8-10-9-7(2)11(8)5-6/h3-5,9H,2H2,1H3. The summed E-state index contributed by atoms with van der Waals surface area (Å²) in [7, 11) is 0. The molecule has 0 unspecified atom stereocenters. The monoisotopic (exact) mass is 147 g/mol. The Labute approximate surface area is 65.4 Å². The maximum atomic E-state index is 4.03. The van der Waals surface area contributed by atoms with Crippen LogP contribution in [0.2, 0.25) is 0 Å². The molecule has 3 nitrogen and oxygen atoms in total. The maximum absolute atomic E-state index is 4.03. The highest BCUT2D eigenvalue weighted by molar-refractivity contribution is 5.97. The van der Waals surface area contributed by atoms with E-state index < -0.39 is 0 Å². The van der Waals surface area contributed by atoms with Crippen molar-refractivity contribution < 1.29 is 0 Å². The normalized spacial score (nSPS) is 20.8. The molecule has 0 saturated heterocycles. The van der Waals surface area contributed by atoms with Crippen LogP contribution in [-0.2, 0) is 0 Å². The third kappa shape index (κ3) is 0.852. The molecule has 0 aromatic heterocycles. The van der Waals surface area contributed by atoms with Gasteiger partial charge in [-0.25, -0.2) is 0 Å². The van der Waals surface area contributed by atoms with Crippen LogP contribution in [0.15, 0.2) is 41.4 Å². The van der Waals surface area contributed by atoms with Gasteiger partial charge in [-0.2, -0.15) is 5.10 Å². The summed E-state index contributed by atoms with van der Waals surface area (Å²) in [6, 6.07) is 0. The predicted molar refractivity (Wildman–Crippen MR) is 44.4 cm³/mol. The van der Waals surface area contributed by atoms with Gasteiger partial charge in [-0.1, -0.05) is 12.7 Å². The van der Waals surface area contributed by atoms with Crippen LogP contribution in [0.5, 0.6) is 0 Å². The van der Waals surface area contributed by atoms with Gasteiger partial charge < -0.3 is 0 Å². The second-order valence-corrected chi connectivity index (χ2v) is 2.60. The van der Waals surface area contributed by atoms with Crippen molar-refractivity contribution >= 4 is 5.84 Å². The average Bonchev–Trinajstić information content (AvgIpc) is 2.33. The fourth-order valence-corrected chi connectivity index (χ4v) is 1.08. The molecular weight excluding hydrogens is 138 g/mol. The van der Waals surface area contributed by atoms with E-state index in [0.29, 0.717) is 0 Å². The number of hydrogen-bond acceptors (Lipinski definition) is 3. The van der Waals surface area contributed by atoms with Gasteiger partial charge >= 0.3 is 0 Å². The first-order chi connectivity index (χ1) is 5.27. The van der Waals surface area contributed by atoms with Gasteiger partial charge in [0, 0.05) is 6.20 Å². The highest BCUT2D eigenvalue weighted by Crippen LogP contribution is 2.16. The Morgan fingerprint density at radius 1 is 1.55 bits per heavy atom. The molecule has 0 aromatic rings. The number of nitrogens with one attached hydrogen (secondary N) is 1. The molecule has 11 heavy (non-hydrogen) atoms. The molecule has 2 aliphatic rings. The molecule has 0 amide bonds. The summed E-state index contributed by atoms with van der Waals surface area (Å²) < 4.78 is 0. The second-order valence-electron chi connectivity index (χ2n) is 2.60. The second kappa shape index (κ2) is 1.99. The largest absolute Gasteiger partial charge is 0.285 e. The minimum Gasteiger partial charge on any atom is -0.285 e. The van der Waals surface area contributed by atoms with E-state index >= 15 is 0 Å². The van der Waals surface area contributed by atoms with Crippen LogP contribution < -0.4 is 5.43 Å². The lowest BCUT2D eigenvalue weighted by Crippen LogP contribution is -2.21. The van der Waals surface area contributed by atoms with Crippen molar-refractivity contribution in [1.82, 2.24) is 10.3 Å². The fourth-order valence-electron chi connectivity index (χ4n) is 1.08. The highest BCUT2D eigenvalue weighted by Gasteiger charge is 2.18. The quantitative estimate of drug-likeness (QED) is 0.556. The first kappa shape index (κ1) is 6.22. The van der Waals surface area contributed by atoms with Gasteiger partial charge in [0.1, 0.15) is 5.82 Å². The number of hydrazone groups is 1. The SMILES string of the molecule is C=C1NN=C2C=CC(C)=CN12.